The predicted octanol–water partition coefficient (Wildman–Crippen LogP) is 1.65. The Labute approximate surface area is 72.9 Å². The molecule has 3 nitrogen and oxygen atoms in total. The Morgan fingerprint density at radius 1 is 1.42 bits per heavy atom. The van der Waals surface area contributed by atoms with Gasteiger partial charge in [-0.2, -0.15) is 0 Å². The minimum Gasteiger partial charge on any atom is -0.361 e. The number of rotatable bonds is 4. The molecule has 0 fully saturated rings. The highest BCUT2D eigenvalue weighted by atomic mass is 16.5. The zero-order chi connectivity index (χ0) is 8.97. The number of aryl methyl sites for hydroxylation is 1. The summed E-state index contributed by atoms with van der Waals surface area (Å²) < 4.78 is 5.19. The van der Waals surface area contributed by atoms with E-state index in [2.05, 4.69) is 19.0 Å². The van der Waals surface area contributed by atoms with Gasteiger partial charge >= 0.3 is 0 Å². The normalized spacial score (nSPS) is 10.6. The standard InChI is InChI=1S/C9H16N2O/c1-3-5-9-7(4-2)8(6-10)11-12-9/h3-6,10H2,1-2H3. The van der Waals surface area contributed by atoms with Crippen LogP contribution in [0.25, 0.3) is 0 Å². The maximum Gasteiger partial charge on any atom is 0.140 e. The van der Waals surface area contributed by atoms with Crippen molar-refractivity contribution in [2.24, 2.45) is 5.73 Å². The van der Waals surface area contributed by atoms with E-state index in [1.165, 1.54) is 5.56 Å². The Morgan fingerprint density at radius 3 is 2.67 bits per heavy atom. The zero-order valence-electron chi connectivity index (χ0n) is 7.76. The van der Waals surface area contributed by atoms with Crippen molar-refractivity contribution in [2.75, 3.05) is 0 Å². The van der Waals surface area contributed by atoms with E-state index in [9.17, 15) is 0 Å². The summed E-state index contributed by atoms with van der Waals surface area (Å²) in [5.74, 6) is 1.01. The smallest absolute Gasteiger partial charge is 0.140 e. The van der Waals surface area contributed by atoms with Crippen molar-refractivity contribution in [2.45, 2.75) is 39.7 Å². The van der Waals surface area contributed by atoms with E-state index >= 15 is 0 Å². The van der Waals surface area contributed by atoms with Gasteiger partial charge in [0.05, 0.1) is 0 Å². The molecule has 1 aromatic heterocycles. The maximum absolute atomic E-state index is 5.51. The minimum absolute atomic E-state index is 0.483. The van der Waals surface area contributed by atoms with E-state index in [4.69, 9.17) is 10.3 Å². The molecule has 1 rings (SSSR count). The van der Waals surface area contributed by atoms with Gasteiger partial charge in [-0.1, -0.05) is 19.0 Å². The first-order valence-electron chi connectivity index (χ1n) is 4.49. The molecule has 1 heterocycles. The number of hydrogen-bond acceptors (Lipinski definition) is 3. The van der Waals surface area contributed by atoms with Crippen LogP contribution in [0.4, 0.5) is 0 Å². The monoisotopic (exact) mass is 168 g/mol. The summed E-state index contributed by atoms with van der Waals surface area (Å²) >= 11 is 0. The van der Waals surface area contributed by atoms with Crippen LogP contribution in [-0.4, -0.2) is 5.16 Å². The van der Waals surface area contributed by atoms with Crippen LogP contribution in [0.1, 0.15) is 37.3 Å². The Hall–Kier alpha value is -0.830. The average molecular weight is 168 g/mol. The third kappa shape index (κ3) is 1.67. The second-order valence-electron chi connectivity index (χ2n) is 2.84. The fourth-order valence-electron chi connectivity index (χ4n) is 1.37. The molecule has 0 atom stereocenters. The lowest BCUT2D eigenvalue weighted by atomic mass is 10.1. The summed E-state index contributed by atoms with van der Waals surface area (Å²) in [5, 5.41) is 3.92. The largest absolute Gasteiger partial charge is 0.361 e. The topological polar surface area (TPSA) is 52.0 Å². The molecule has 0 aromatic carbocycles. The lowest BCUT2D eigenvalue weighted by Crippen LogP contribution is -2.00. The second-order valence-corrected chi connectivity index (χ2v) is 2.84. The predicted molar refractivity (Wildman–Crippen MR) is 47.8 cm³/mol. The van der Waals surface area contributed by atoms with E-state index in [-0.39, 0.29) is 0 Å². The molecule has 0 saturated heterocycles. The summed E-state index contributed by atoms with van der Waals surface area (Å²) in [6.45, 7) is 4.71. The lowest BCUT2D eigenvalue weighted by molar-refractivity contribution is 0.375. The summed E-state index contributed by atoms with van der Waals surface area (Å²) in [6, 6.07) is 0. The van der Waals surface area contributed by atoms with Gasteiger partial charge in [-0.05, 0) is 12.8 Å². The fraction of sp³-hybridized carbons (Fsp3) is 0.667. The molecule has 1 aromatic rings. The van der Waals surface area contributed by atoms with Crippen molar-refractivity contribution in [1.29, 1.82) is 0 Å². The van der Waals surface area contributed by atoms with Crippen molar-refractivity contribution >= 4 is 0 Å². The van der Waals surface area contributed by atoms with E-state index in [1.807, 2.05) is 0 Å². The van der Waals surface area contributed by atoms with Crippen LogP contribution >= 0.6 is 0 Å². The molecule has 0 unspecified atom stereocenters. The van der Waals surface area contributed by atoms with Crippen LogP contribution in [-0.2, 0) is 19.4 Å². The Balaban J connectivity index is 2.88. The van der Waals surface area contributed by atoms with Crippen LogP contribution in [0.3, 0.4) is 0 Å². The van der Waals surface area contributed by atoms with Gasteiger partial charge in [0.15, 0.2) is 0 Å². The van der Waals surface area contributed by atoms with E-state index in [0.29, 0.717) is 6.54 Å². The SMILES string of the molecule is CCCc1onc(CN)c1CC. The Morgan fingerprint density at radius 2 is 2.17 bits per heavy atom. The molecule has 0 aliphatic heterocycles. The van der Waals surface area contributed by atoms with Crippen molar-refractivity contribution < 1.29 is 4.52 Å². The highest BCUT2D eigenvalue weighted by molar-refractivity contribution is 5.22. The van der Waals surface area contributed by atoms with Crippen LogP contribution in [0.2, 0.25) is 0 Å². The first kappa shape index (κ1) is 9.26. The molecule has 12 heavy (non-hydrogen) atoms. The van der Waals surface area contributed by atoms with Crippen molar-refractivity contribution in [1.82, 2.24) is 5.16 Å². The molecule has 3 heteroatoms. The van der Waals surface area contributed by atoms with Gasteiger partial charge in [0, 0.05) is 18.5 Å². The van der Waals surface area contributed by atoms with Crippen LogP contribution in [0.15, 0.2) is 4.52 Å². The highest BCUT2D eigenvalue weighted by Crippen LogP contribution is 2.15. The third-order valence-corrected chi connectivity index (χ3v) is 1.97. The van der Waals surface area contributed by atoms with Gasteiger partial charge < -0.3 is 10.3 Å². The van der Waals surface area contributed by atoms with Gasteiger partial charge in [-0.15, -0.1) is 0 Å². The van der Waals surface area contributed by atoms with Crippen molar-refractivity contribution in [3.63, 3.8) is 0 Å². The fourth-order valence-corrected chi connectivity index (χ4v) is 1.37. The maximum atomic E-state index is 5.51. The second kappa shape index (κ2) is 4.26. The van der Waals surface area contributed by atoms with Crippen LogP contribution in [0.5, 0.6) is 0 Å². The number of nitrogens with zero attached hydrogens (tertiary/aromatic N) is 1. The summed E-state index contributed by atoms with van der Waals surface area (Å²) in [6.07, 6.45) is 3.02. The summed E-state index contributed by atoms with van der Waals surface area (Å²) in [5.41, 5.74) is 7.64. The van der Waals surface area contributed by atoms with Crippen molar-refractivity contribution in [3.05, 3.63) is 17.0 Å². The molecule has 0 aliphatic carbocycles. The van der Waals surface area contributed by atoms with E-state index < -0.39 is 0 Å². The third-order valence-electron chi connectivity index (χ3n) is 1.97. The molecule has 0 spiro atoms. The quantitative estimate of drug-likeness (QED) is 0.743. The molecular weight excluding hydrogens is 152 g/mol. The summed E-state index contributed by atoms with van der Waals surface area (Å²) in [4.78, 5) is 0. The van der Waals surface area contributed by atoms with Crippen LogP contribution in [0, 0.1) is 0 Å². The summed E-state index contributed by atoms with van der Waals surface area (Å²) in [7, 11) is 0. The molecule has 2 N–H and O–H groups in total. The van der Waals surface area contributed by atoms with Gasteiger partial charge in [-0.3, -0.25) is 0 Å². The molecule has 0 radical (unpaired) electrons. The number of nitrogens with two attached hydrogens (primary N) is 1. The van der Waals surface area contributed by atoms with Crippen LogP contribution < -0.4 is 5.73 Å². The van der Waals surface area contributed by atoms with Gasteiger partial charge in [0.1, 0.15) is 11.5 Å². The van der Waals surface area contributed by atoms with Gasteiger partial charge in [0.25, 0.3) is 0 Å². The van der Waals surface area contributed by atoms with Gasteiger partial charge in [-0.25, -0.2) is 0 Å². The average Bonchev–Trinajstić information content (AvgIpc) is 2.47. The van der Waals surface area contributed by atoms with E-state index in [0.717, 1.165) is 30.7 Å². The lowest BCUT2D eigenvalue weighted by Gasteiger charge is -1.96. The molecule has 0 bridgehead atoms. The Kier molecular flexibility index (Phi) is 3.29. The molecule has 0 aliphatic rings. The number of hydrogen-bond donors (Lipinski definition) is 1. The molecule has 0 saturated carbocycles. The zero-order valence-corrected chi connectivity index (χ0v) is 7.76. The van der Waals surface area contributed by atoms with Gasteiger partial charge in [0.2, 0.25) is 0 Å². The first-order valence-corrected chi connectivity index (χ1v) is 4.49. The molecule has 68 valence electrons. The minimum atomic E-state index is 0.483. The number of aromatic nitrogens is 1. The highest BCUT2D eigenvalue weighted by Gasteiger charge is 2.11. The molecular formula is C9H16N2O. The van der Waals surface area contributed by atoms with E-state index in [1.54, 1.807) is 0 Å². The molecule has 0 amide bonds. The van der Waals surface area contributed by atoms with Crippen molar-refractivity contribution in [3.8, 4) is 0 Å². The first-order chi connectivity index (χ1) is 5.83. The Bertz CT molecular complexity index is 243.